The summed E-state index contributed by atoms with van der Waals surface area (Å²) in [5.74, 6) is -0.473. The van der Waals surface area contributed by atoms with E-state index in [1.165, 1.54) is 24.3 Å². The molecule has 5 nitrogen and oxygen atoms in total. The SMILES string of the molecule is O=C(CN(Cc1ccc(Cl)c(Cl)c1)S(=O)(=O)c1ccc(Cl)cc1)Nc1ccccc1. The molecule has 0 aliphatic heterocycles. The topological polar surface area (TPSA) is 66.5 Å². The molecule has 3 aromatic rings. The molecule has 0 radical (unpaired) electrons. The average molecular weight is 484 g/mol. The van der Waals surface area contributed by atoms with Gasteiger partial charge in [0.2, 0.25) is 15.9 Å². The Morgan fingerprint density at radius 3 is 2.17 bits per heavy atom. The van der Waals surface area contributed by atoms with Gasteiger partial charge >= 0.3 is 0 Å². The Hall–Kier alpha value is -2.09. The molecule has 0 saturated heterocycles. The van der Waals surface area contributed by atoms with Gasteiger partial charge < -0.3 is 5.32 Å². The second-order valence-electron chi connectivity index (χ2n) is 6.39. The van der Waals surface area contributed by atoms with Gasteiger partial charge in [-0.1, -0.05) is 59.1 Å². The summed E-state index contributed by atoms with van der Waals surface area (Å²) >= 11 is 17.9. The molecule has 0 unspecified atom stereocenters. The zero-order valence-corrected chi connectivity index (χ0v) is 18.6. The number of para-hydroxylation sites is 1. The molecule has 0 aliphatic rings. The second kappa shape index (κ2) is 9.81. The molecule has 3 rings (SSSR count). The molecule has 0 bridgehead atoms. The third-order valence-corrected chi connectivity index (χ3v) is 6.97. The molecule has 9 heteroatoms. The van der Waals surface area contributed by atoms with Crippen LogP contribution in [0.5, 0.6) is 0 Å². The highest BCUT2D eigenvalue weighted by molar-refractivity contribution is 7.89. The number of halogens is 3. The van der Waals surface area contributed by atoms with E-state index in [9.17, 15) is 13.2 Å². The van der Waals surface area contributed by atoms with Gasteiger partial charge in [0, 0.05) is 17.3 Å². The summed E-state index contributed by atoms with van der Waals surface area (Å²) in [6, 6.07) is 19.4. The minimum atomic E-state index is -3.99. The molecule has 3 aromatic carbocycles. The molecular weight excluding hydrogens is 467 g/mol. The van der Waals surface area contributed by atoms with E-state index in [-0.39, 0.29) is 18.0 Å². The van der Waals surface area contributed by atoms with Crippen LogP contribution in [0.25, 0.3) is 0 Å². The number of carbonyl (C=O) groups is 1. The molecule has 1 amide bonds. The molecule has 0 heterocycles. The van der Waals surface area contributed by atoms with Crippen molar-refractivity contribution in [1.29, 1.82) is 0 Å². The Morgan fingerprint density at radius 1 is 0.867 bits per heavy atom. The van der Waals surface area contributed by atoms with E-state index in [1.807, 2.05) is 6.07 Å². The lowest BCUT2D eigenvalue weighted by Gasteiger charge is -2.22. The fourth-order valence-electron chi connectivity index (χ4n) is 2.71. The summed E-state index contributed by atoms with van der Waals surface area (Å²) in [6.07, 6.45) is 0. The van der Waals surface area contributed by atoms with Gasteiger partial charge in [0.05, 0.1) is 21.5 Å². The highest BCUT2D eigenvalue weighted by Gasteiger charge is 2.27. The van der Waals surface area contributed by atoms with Crippen molar-refractivity contribution in [3.8, 4) is 0 Å². The molecule has 1 N–H and O–H groups in total. The average Bonchev–Trinajstić information content (AvgIpc) is 2.71. The predicted molar refractivity (Wildman–Crippen MR) is 121 cm³/mol. The molecule has 0 fully saturated rings. The summed E-state index contributed by atoms with van der Waals surface area (Å²) in [4.78, 5) is 12.6. The van der Waals surface area contributed by atoms with E-state index < -0.39 is 15.9 Å². The lowest BCUT2D eigenvalue weighted by atomic mass is 10.2. The van der Waals surface area contributed by atoms with Gasteiger partial charge in [-0.25, -0.2) is 8.42 Å². The maximum absolute atomic E-state index is 13.2. The van der Waals surface area contributed by atoms with E-state index in [4.69, 9.17) is 34.8 Å². The quantitative estimate of drug-likeness (QED) is 0.484. The molecule has 0 aromatic heterocycles. The maximum atomic E-state index is 13.2. The van der Waals surface area contributed by atoms with Crippen LogP contribution >= 0.6 is 34.8 Å². The number of nitrogens with zero attached hydrogens (tertiary/aromatic N) is 1. The zero-order chi connectivity index (χ0) is 21.7. The van der Waals surface area contributed by atoms with Gasteiger partial charge in [-0.05, 0) is 54.1 Å². The fourth-order valence-corrected chi connectivity index (χ4v) is 4.54. The van der Waals surface area contributed by atoms with Crippen molar-refractivity contribution in [3.63, 3.8) is 0 Å². The van der Waals surface area contributed by atoms with E-state index in [1.54, 1.807) is 42.5 Å². The maximum Gasteiger partial charge on any atom is 0.243 e. The van der Waals surface area contributed by atoms with Gasteiger partial charge in [0.1, 0.15) is 0 Å². The lowest BCUT2D eigenvalue weighted by Crippen LogP contribution is -2.37. The number of sulfonamides is 1. The first kappa shape index (κ1) is 22.6. The normalized spacial score (nSPS) is 11.5. The molecule has 0 atom stereocenters. The smallest absolute Gasteiger partial charge is 0.243 e. The van der Waals surface area contributed by atoms with Crippen LogP contribution in [-0.2, 0) is 21.4 Å². The van der Waals surface area contributed by atoms with Crippen molar-refractivity contribution in [2.24, 2.45) is 0 Å². The van der Waals surface area contributed by atoms with Gasteiger partial charge in [-0.15, -0.1) is 0 Å². The van der Waals surface area contributed by atoms with Crippen molar-refractivity contribution in [3.05, 3.63) is 93.4 Å². The minimum absolute atomic E-state index is 0.0273. The number of anilines is 1. The monoisotopic (exact) mass is 482 g/mol. The second-order valence-corrected chi connectivity index (χ2v) is 9.58. The number of carbonyl (C=O) groups excluding carboxylic acids is 1. The van der Waals surface area contributed by atoms with Crippen LogP contribution in [0.4, 0.5) is 5.69 Å². The Balaban J connectivity index is 1.89. The van der Waals surface area contributed by atoms with Crippen molar-refractivity contribution in [2.45, 2.75) is 11.4 Å². The molecule has 0 spiro atoms. The van der Waals surface area contributed by atoms with Crippen molar-refractivity contribution in [1.82, 2.24) is 4.31 Å². The fraction of sp³-hybridized carbons (Fsp3) is 0.0952. The lowest BCUT2D eigenvalue weighted by molar-refractivity contribution is -0.116. The van der Waals surface area contributed by atoms with Crippen molar-refractivity contribution >= 4 is 56.4 Å². The van der Waals surface area contributed by atoms with Crippen LogP contribution in [0, 0.1) is 0 Å². The summed E-state index contributed by atoms with van der Waals surface area (Å²) in [5.41, 5.74) is 1.16. The zero-order valence-electron chi connectivity index (χ0n) is 15.6. The van der Waals surface area contributed by atoms with Crippen molar-refractivity contribution in [2.75, 3.05) is 11.9 Å². The van der Waals surface area contributed by atoms with Crippen LogP contribution in [0.15, 0.2) is 77.7 Å². The summed E-state index contributed by atoms with van der Waals surface area (Å²) in [7, 11) is -3.99. The van der Waals surface area contributed by atoms with Crippen LogP contribution in [0.3, 0.4) is 0 Å². The predicted octanol–water partition coefficient (Wildman–Crippen LogP) is 5.48. The van der Waals surface area contributed by atoms with Crippen LogP contribution in [0.2, 0.25) is 15.1 Å². The first-order chi connectivity index (χ1) is 14.3. The third-order valence-electron chi connectivity index (χ3n) is 4.17. The van der Waals surface area contributed by atoms with E-state index in [0.717, 1.165) is 4.31 Å². The molecule has 0 saturated carbocycles. The summed E-state index contributed by atoms with van der Waals surface area (Å²) in [6.45, 7) is -0.454. The number of hydrogen-bond donors (Lipinski definition) is 1. The van der Waals surface area contributed by atoms with Gasteiger partial charge in [0.15, 0.2) is 0 Å². The van der Waals surface area contributed by atoms with E-state index in [0.29, 0.717) is 26.3 Å². The number of amides is 1. The highest BCUT2D eigenvalue weighted by Crippen LogP contribution is 2.25. The molecule has 156 valence electrons. The number of benzene rings is 3. The first-order valence-corrected chi connectivity index (χ1v) is 11.4. The Labute approximate surface area is 190 Å². The Kier molecular flexibility index (Phi) is 7.39. The van der Waals surface area contributed by atoms with Crippen molar-refractivity contribution < 1.29 is 13.2 Å². The largest absolute Gasteiger partial charge is 0.325 e. The Bertz CT molecular complexity index is 1140. The molecule has 30 heavy (non-hydrogen) atoms. The van der Waals surface area contributed by atoms with Crippen LogP contribution in [0.1, 0.15) is 5.56 Å². The van der Waals surface area contributed by atoms with Gasteiger partial charge in [-0.3, -0.25) is 4.79 Å². The number of nitrogens with one attached hydrogen (secondary N) is 1. The highest BCUT2D eigenvalue weighted by atomic mass is 35.5. The standard InChI is InChI=1S/C21H17Cl3N2O3S/c22-16-7-9-18(10-8-16)30(28,29)26(13-15-6-11-19(23)20(24)12-15)14-21(27)25-17-4-2-1-3-5-17/h1-12H,13-14H2,(H,25,27). The van der Waals surface area contributed by atoms with Crippen LogP contribution in [-0.4, -0.2) is 25.2 Å². The summed E-state index contributed by atoms with van der Waals surface area (Å²) in [5, 5.41) is 3.76. The van der Waals surface area contributed by atoms with Gasteiger partial charge in [-0.2, -0.15) is 4.31 Å². The minimum Gasteiger partial charge on any atom is -0.325 e. The van der Waals surface area contributed by atoms with Crippen LogP contribution < -0.4 is 5.32 Å². The number of hydrogen-bond acceptors (Lipinski definition) is 3. The van der Waals surface area contributed by atoms with Gasteiger partial charge in [0.25, 0.3) is 0 Å². The Morgan fingerprint density at radius 2 is 1.53 bits per heavy atom. The first-order valence-electron chi connectivity index (χ1n) is 8.80. The van der Waals surface area contributed by atoms with E-state index >= 15 is 0 Å². The summed E-state index contributed by atoms with van der Waals surface area (Å²) < 4.78 is 27.5. The molecule has 0 aliphatic carbocycles. The number of rotatable bonds is 7. The third kappa shape index (κ3) is 5.74. The van der Waals surface area contributed by atoms with E-state index in [2.05, 4.69) is 5.32 Å². The molecular formula is C21H17Cl3N2O3S.